The molecule has 0 amide bonds. The van der Waals surface area contributed by atoms with Crippen molar-refractivity contribution in [2.24, 2.45) is 0 Å². The van der Waals surface area contributed by atoms with E-state index in [-0.39, 0.29) is 17.5 Å². The molecule has 2 aromatic carbocycles. The third-order valence-corrected chi connectivity index (χ3v) is 6.10. The third kappa shape index (κ3) is 4.10. The lowest BCUT2D eigenvalue weighted by molar-refractivity contribution is -0.0509. The van der Waals surface area contributed by atoms with Crippen molar-refractivity contribution in [1.29, 1.82) is 0 Å². The van der Waals surface area contributed by atoms with Gasteiger partial charge in [0.2, 0.25) is 0 Å². The Balaban J connectivity index is 2.24. The molecule has 0 fully saturated rings. The molecule has 2 aromatic rings. The number of hydrogen-bond donors (Lipinski definition) is 1. The second kappa shape index (κ2) is 7.56. The first-order chi connectivity index (χ1) is 14.3. The summed E-state index contributed by atoms with van der Waals surface area (Å²) in [5, 5.41) is 9.59. The molecular formula is C22H19F3O5S. The highest BCUT2D eigenvalue weighted by Gasteiger charge is 2.49. The standard InChI is InChI=1S/C22H19F3O5S/c1-4-13-6-5-7-15(20(26)27)19(13)14-8-9-17-16(12-14)18(10-11-21(17,2)3)30-31(28,29)22(23,24)25/h4-10,12H,1,11H2,2-3H3,(H,26,27). The number of alkyl halides is 3. The zero-order valence-corrected chi connectivity index (χ0v) is 17.5. The molecule has 5 nitrogen and oxygen atoms in total. The van der Waals surface area contributed by atoms with Crippen LogP contribution in [0.4, 0.5) is 13.2 Å². The SMILES string of the molecule is C=Cc1cccc(C(=O)O)c1-c1ccc2c(c1)C(OS(=O)(=O)C(F)(F)F)=CCC2(C)C. The van der Waals surface area contributed by atoms with E-state index in [0.717, 1.165) is 0 Å². The number of halogens is 3. The molecule has 9 heteroatoms. The van der Waals surface area contributed by atoms with Crippen LogP contribution in [0.3, 0.4) is 0 Å². The quantitative estimate of drug-likeness (QED) is 0.473. The van der Waals surface area contributed by atoms with Crippen LogP contribution in [0.25, 0.3) is 23.0 Å². The van der Waals surface area contributed by atoms with Crippen LogP contribution in [-0.2, 0) is 19.7 Å². The minimum absolute atomic E-state index is 0.0261. The Morgan fingerprint density at radius 1 is 1.23 bits per heavy atom. The first-order valence-electron chi connectivity index (χ1n) is 9.13. The number of carboxylic acid groups (broad SMARTS) is 1. The Labute approximate surface area is 177 Å². The smallest absolute Gasteiger partial charge is 0.478 e. The molecule has 1 N–H and O–H groups in total. The van der Waals surface area contributed by atoms with Crippen molar-refractivity contribution in [3.8, 4) is 11.1 Å². The molecule has 0 bridgehead atoms. The van der Waals surface area contributed by atoms with E-state index in [2.05, 4.69) is 10.8 Å². The van der Waals surface area contributed by atoms with Gasteiger partial charge in [0.25, 0.3) is 0 Å². The summed E-state index contributed by atoms with van der Waals surface area (Å²) in [5.41, 5.74) is -4.18. The van der Waals surface area contributed by atoms with Crippen molar-refractivity contribution >= 4 is 27.9 Å². The summed E-state index contributed by atoms with van der Waals surface area (Å²) in [4.78, 5) is 11.7. The minimum atomic E-state index is -5.87. The van der Waals surface area contributed by atoms with Gasteiger partial charge in [-0.15, -0.1) is 0 Å². The topological polar surface area (TPSA) is 80.7 Å². The Bertz CT molecular complexity index is 1210. The van der Waals surface area contributed by atoms with Gasteiger partial charge in [0.05, 0.1) is 5.56 Å². The summed E-state index contributed by atoms with van der Waals surface area (Å²) in [6, 6.07) is 9.34. The number of carbonyl (C=O) groups is 1. The van der Waals surface area contributed by atoms with Crippen LogP contribution >= 0.6 is 0 Å². The van der Waals surface area contributed by atoms with Gasteiger partial charge in [-0.2, -0.15) is 21.6 Å². The highest BCUT2D eigenvalue weighted by Crippen LogP contribution is 2.43. The van der Waals surface area contributed by atoms with Crippen molar-refractivity contribution in [3.63, 3.8) is 0 Å². The Morgan fingerprint density at radius 3 is 2.48 bits per heavy atom. The van der Waals surface area contributed by atoms with Crippen molar-refractivity contribution in [2.75, 3.05) is 0 Å². The van der Waals surface area contributed by atoms with Crippen molar-refractivity contribution in [1.82, 2.24) is 0 Å². The van der Waals surface area contributed by atoms with Gasteiger partial charge in [-0.1, -0.05) is 50.8 Å². The maximum Gasteiger partial charge on any atom is 0.534 e. The van der Waals surface area contributed by atoms with Crippen LogP contribution in [0.15, 0.2) is 49.1 Å². The van der Waals surface area contributed by atoms with Gasteiger partial charge in [-0.25, -0.2) is 4.79 Å². The molecule has 31 heavy (non-hydrogen) atoms. The lowest BCUT2D eigenvalue weighted by Gasteiger charge is -2.32. The predicted molar refractivity (Wildman–Crippen MR) is 111 cm³/mol. The molecule has 0 aromatic heterocycles. The third-order valence-electron chi connectivity index (χ3n) is 5.13. The molecule has 0 saturated carbocycles. The lowest BCUT2D eigenvalue weighted by Crippen LogP contribution is -2.27. The van der Waals surface area contributed by atoms with Gasteiger partial charge >= 0.3 is 21.6 Å². The summed E-state index contributed by atoms with van der Waals surface area (Å²) >= 11 is 0. The first kappa shape index (κ1) is 22.6. The molecule has 0 aliphatic heterocycles. The minimum Gasteiger partial charge on any atom is -0.478 e. The molecule has 0 atom stereocenters. The van der Waals surface area contributed by atoms with Gasteiger partial charge in [-0.3, -0.25) is 0 Å². The monoisotopic (exact) mass is 452 g/mol. The Hall–Kier alpha value is -3.07. The second-order valence-electron chi connectivity index (χ2n) is 7.68. The number of carboxylic acids is 1. The summed E-state index contributed by atoms with van der Waals surface area (Å²) in [6.45, 7) is 7.40. The molecule has 1 aliphatic carbocycles. The van der Waals surface area contributed by atoms with Crippen LogP contribution < -0.4 is 0 Å². The van der Waals surface area contributed by atoms with E-state index < -0.39 is 32.8 Å². The van der Waals surface area contributed by atoms with Crippen molar-refractivity contribution in [3.05, 3.63) is 71.3 Å². The van der Waals surface area contributed by atoms with E-state index in [1.165, 1.54) is 24.3 Å². The molecule has 0 unspecified atom stereocenters. The summed E-state index contributed by atoms with van der Waals surface area (Å²) in [6.07, 6.45) is 3.02. The average Bonchev–Trinajstić information content (AvgIpc) is 2.68. The first-order valence-corrected chi connectivity index (χ1v) is 10.5. The molecule has 0 saturated heterocycles. The summed E-state index contributed by atoms with van der Waals surface area (Å²) < 4.78 is 66.3. The zero-order valence-electron chi connectivity index (χ0n) is 16.7. The van der Waals surface area contributed by atoms with Gasteiger partial charge in [-0.05, 0) is 46.7 Å². The fraction of sp³-hybridized carbons (Fsp3) is 0.227. The number of rotatable bonds is 5. The maximum atomic E-state index is 12.9. The predicted octanol–water partition coefficient (Wildman–Crippen LogP) is 5.58. The maximum absolute atomic E-state index is 12.9. The van der Waals surface area contributed by atoms with Crippen molar-refractivity contribution < 1.29 is 35.7 Å². The molecule has 3 rings (SSSR count). The van der Waals surface area contributed by atoms with E-state index in [1.807, 2.05) is 13.8 Å². The Morgan fingerprint density at radius 2 is 1.90 bits per heavy atom. The number of aromatic carboxylic acids is 1. The van der Waals surface area contributed by atoms with E-state index >= 15 is 0 Å². The van der Waals surface area contributed by atoms with Gasteiger partial charge in [0.1, 0.15) is 5.76 Å². The van der Waals surface area contributed by atoms with Crippen LogP contribution in [-0.4, -0.2) is 25.0 Å². The van der Waals surface area contributed by atoms with Gasteiger partial charge in [0.15, 0.2) is 0 Å². The fourth-order valence-corrected chi connectivity index (χ4v) is 4.04. The van der Waals surface area contributed by atoms with Crippen LogP contribution in [0.1, 0.15) is 47.3 Å². The van der Waals surface area contributed by atoms with Gasteiger partial charge < -0.3 is 9.29 Å². The highest BCUT2D eigenvalue weighted by atomic mass is 32.2. The largest absolute Gasteiger partial charge is 0.534 e. The molecule has 0 spiro atoms. The van der Waals surface area contributed by atoms with Gasteiger partial charge in [0, 0.05) is 11.1 Å². The van der Waals surface area contributed by atoms with E-state index in [9.17, 15) is 31.5 Å². The number of benzene rings is 2. The fourth-order valence-electron chi connectivity index (χ4n) is 3.55. The van der Waals surface area contributed by atoms with Crippen LogP contribution in [0, 0.1) is 0 Å². The molecule has 0 radical (unpaired) electrons. The normalized spacial score (nSPS) is 15.6. The number of fused-ring (bicyclic) bond motifs is 1. The molecule has 164 valence electrons. The highest BCUT2D eigenvalue weighted by molar-refractivity contribution is 7.87. The summed E-state index contributed by atoms with van der Waals surface area (Å²) in [5.74, 6) is -1.63. The average molecular weight is 452 g/mol. The lowest BCUT2D eigenvalue weighted by atomic mass is 9.74. The second-order valence-corrected chi connectivity index (χ2v) is 9.22. The van der Waals surface area contributed by atoms with E-state index in [1.54, 1.807) is 24.3 Å². The molecule has 0 heterocycles. The number of hydrogen-bond acceptors (Lipinski definition) is 4. The molecule has 1 aliphatic rings. The Kier molecular flexibility index (Phi) is 5.52. The van der Waals surface area contributed by atoms with E-state index in [4.69, 9.17) is 0 Å². The van der Waals surface area contributed by atoms with Crippen LogP contribution in [0.5, 0.6) is 0 Å². The van der Waals surface area contributed by atoms with Crippen LogP contribution in [0.2, 0.25) is 0 Å². The molecular weight excluding hydrogens is 433 g/mol. The van der Waals surface area contributed by atoms with E-state index in [0.29, 0.717) is 22.3 Å². The number of allylic oxidation sites excluding steroid dienone is 1. The zero-order chi connectivity index (χ0) is 23.2. The van der Waals surface area contributed by atoms with Crippen molar-refractivity contribution in [2.45, 2.75) is 31.2 Å². The summed E-state index contributed by atoms with van der Waals surface area (Å²) in [7, 11) is -5.87.